The Morgan fingerprint density at radius 2 is 2.50 bits per heavy atom. The average molecular weight is 210 g/mol. The Bertz CT molecular complexity index is 126. The van der Waals surface area contributed by atoms with E-state index in [1.165, 1.54) is 0 Å². The zero-order valence-corrected chi connectivity index (χ0v) is 9.03. The highest BCUT2D eigenvalue weighted by Gasteiger charge is 2.16. The predicted molar refractivity (Wildman–Crippen MR) is 55.3 cm³/mol. The van der Waals surface area contributed by atoms with Crippen LogP contribution >= 0.6 is 23.4 Å². The molecule has 1 aliphatic rings. The molecule has 1 aliphatic heterocycles. The van der Waals surface area contributed by atoms with Gasteiger partial charge in [-0.05, 0) is 7.05 Å². The van der Waals surface area contributed by atoms with E-state index in [9.17, 15) is 0 Å². The number of nitrogens with zero attached hydrogens (tertiary/aromatic N) is 1. The fourth-order valence-corrected chi connectivity index (χ4v) is 2.30. The van der Waals surface area contributed by atoms with E-state index in [1.807, 2.05) is 11.8 Å². The molecule has 1 heterocycles. The molecule has 0 saturated carbocycles. The van der Waals surface area contributed by atoms with Gasteiger partial charge in [-0.25, -0.2) is 0 Å². The number of likely N-dealkylation sites (N-methyl/N-ethyl adjacent to an activating group) is 1. The van der Waals surface area contributed by atoms with E-state index in [0.717, 1.165) is 37.1 Å². The monoisotopic (exact) mass is 209 g/mol. The lowest BCUT2D eigenvalue weighted by molar-refractivity contribution is -0.00597. The van der Waals surface area contributed by atoms with Crippen molar-refractivity contribution in [1.29, 1.82) is 0 Å². The van der Waals surface area contributed by atoms with Crippen molar-refractivity contribution >= 4 is 23.4 Å². The lowest BCUT2D eigenvalue weighted by Gasteiger charge is -2.29. The molecule has 4 heteroatoms. The topological polar surface area (TPSA) is 12.5 Å². The minimum Gasteiger partial charge on any atom is -0.375 e. The molecule has 0 aromatic rings. The van der Waals surface area contributed by atoms with Crippen LogP contribution in [0.15, 0.2) is 0 Å². The molecule has 1 fully saturated rings. The highest BCUT2D eigenvalue weighted by atomic mass is 35.5. The van der Waals surface area contributed by atoms with Gasteiger partial charge in [0.25, 0.3) is 0 Å². The summed E-state index contributed by atoms with van der Waals surface area (Å²) in [5, 5.41) is 0. The standard InChI is InChI=1S/C8H16ClNOS/c1-10-3-4-11-8(6-10)7-12-5-2-9/h8H,2-7H2,1H3. The molecule has 0 N–H and O–H groups in total. The number of morpholine rings is 1. The number of rotatable bonds is 4. The Labute approximate surface area is 83.6 Å². The Kier molecular flexibility index (Phi) is 5.39. The lowest BCUT2D eigenvalue weighted by atomic mass is 10.3. The summed E-state index contributed by atoms with van der Waals surface area (Å²) in [5.41, 5.74) is 0. The summed E-state index contributed by atoms with van der Waals surface area (Å²) in [6.45, 7) is 3.01. The van der Waals surface area contributed by atoms with Crippen molar-refractivity contribution in [2.24, 2.45) is 0 Å². The summed E-state index contributed by atoms with van der Waals surface area (Å²) in [4.78, 5) is 2.31. The van der Waals surface area contributed by atoms with Crippen LogP contribution in [0.5, 0.6) is 0 Å². The van der Waals surface area contributed by atoms with Gasteiger partial charge in [-0.15, -0.1) is 11.6 Å². The van der Waals surface area contributed by atoms with E-state index >= 15 is 0 Å². The van der Waals surface area contributed by atoms with Crippen molar-refractivity contribution in [3.05, 3.63) is 0 Å². The molecule has 0 aliphatic carbocycles. The third-order valence-corrected chi connectivity index (χ3v) is 3.38. The van der Waals surface area contributed by atoms with Crippen molar-refractivity contribution < 1.29 is 4.74 Å². The Morgan fingerprint density at radius 1 is 1.67 bits per heavy atom. The number of alkyl halides is 1. The molecule has 72 valence electrons. The van der Waals surface area contributed by atoms with Crippen LogP contribution in [0.4, 0.5) is 0 Å². The number of halogens is 1. The summed E-state index contributed by atoms with van der Waals surface area (Å²) < 4.78 is 5.59. The van der Waals surface area contributed by atoms with Crippen molar-refractivity contribution in [2.75, 3.05) is 44.1 Å². The second-order valence-corrected chi connectivity index (χ2v) is 4.55. The van der Waals surface area contributed by atoms with Crippen LogP contribution in [0.2, 0.25) is 0 Å². The molecule has 1 saturated heterocycles. The van der Waals surface area contributed by atoms with Gasteiger partial charge in [-0.3, -0.25) is 0 Å². The van der Waals surface area contributed by atoms with E-state index in [2.05, 4.69) is 11.9 Å². The lowest BCUT2D eigenvalue weighted by Crippen LogP contribution is -2.41. The van der Waals surface area contributed by atoms with Gasteiger partial charge in [-0.2, -0.15) is 11.8 Å². The molecule has 12 heavy (non-hydrogen) atoms. The van der Waals surface area contributed by atoms with E-state index in [-0.39, 0.29) is 0 Å². The third kappa shape index (κ3) is 3.99. The van der Waals surface area contributed by atoms with Crippen LogP contribution in [0.1, 0.15) is 0 Å². The van der Waals surface area contributed by atoms with Crippen LogP contribution in [0.25, 0.3) is 0 Å². The van der Waals surface area contributed by atoms with E-state index in [0.29, 0.717) is 6.10 Å². The smallest absolute Gasteiger partial charge is 0.0792 e. The van der Waals surface area contributed by atoms with Crippen molar-refractivity contribution in [1.82, 2.24) is 4.90 Å². The first-order chi connectivity index (χ1) is 5.83. The summed E-state index contributed by atoms with van der Waals surface area (Å²) in [6, 6.07) is 0. The van der Waals surface area contributed by atoms with E-state index < -0.39 is 0 Å². The Morgan fingerprint density at radius 3 is 3.17 bits per heavy atom. The molecule has 0 radical (unpaired) electrons. The maximum atomic E-state index is 5.59. The van der Waals surface area contributed by atoms with Gasteiger partial charge in [0.1, 0.15) is 0 Å². The van der Waals surface area contributed by atoms with Crippen molar-refractivity contribution in [3.8, 4) is 0 Å². The second kappa shape index (κ2) is 6.08. The van der Waals surface area contributed by atoms with Gasteiger partial charge in [0.05, 0.1) is 12.7 Å². The molecule has 0 amide bonds. The average Bonchev–Trinajstić information content (AvgIpc) is 2.05. The third-order valence-electron chi connectivity index (χ3n) is 1.87. The quantitative estimate of drug-likeness (QED) is 0.512. The molecule has 1 atom stereocenters. The Hall–Kier alpha value is 0.560. The molecule has 0 spiro atoms. The molecule has 1 rings (SSSR count). The van der Waals surface area contributed by atoms with Crippen molar-refractivity contribution in [3.63, 3.8) is 0 Å². The number of hydrogen-bond acceptors (Lipinski definition) is 3. The summed E-state index contributed by atoms with van der Waals surface area (Å²) in [6.07, 6.45) is 0.414. The molecule has 0 bridgehead atoms. The molecular formula is C8H16ClNOS. The van der Waals surface area contributed by atoms with E-state index in [4.69, 9.17) is 16.3 Å². The first kappa shape index (κ1) is 10.6. The normalized spacial score (nSPS) is 26.0. The number of ether oxygens (including phenoxy) is 1. The molecule has 2 nitrogen and oxygen atoms in total. The number of hydrogen-bond donors (Lipinski definition) is 0. The first-order valence-electron chi connectivity index (χ1n) is 4.27. The predicted octanol–water partition coefficient (Wildman–Crippen LogP) is 1.29. The van der Waals surface area contributed by atoms with Gasteiger partial charge in [-0.1, -0.05) is 0 Å². The van der Waals surface area contributed by atoms with Crippen LogP contribution in [0.3, 0.4) is 0 Å². The largest absolute Gasteiger partial charge is 0.375 e. The van der Waals surface area contributed by atoms with Gasteiger partial charge >= 0.3 is 0 Å². The minimum atomic E-state index is 0.414. The fourth-order valence-electron chi connectivity index (χ4n) is 1.24. The fraction of sp³-hybridized carbons (Fsp3) is 1.00. The maximum Gasteiger partial charge on any atom is 0.0792 e. The SMILES string of the molecule is CN1CCOC(CSCCCl)C1. The van der Waals surface area contributed by atoms with Gasteiger partial charge in [0.15, 0.2) is 0 Å². The van der Waals surface area contributed by atoms with Crippen LogP contribution in [-0.4, -0.2) is 55.1 Å². The van der Waals surface area contributed by atoms with Gasteiger partial charge < -0.3 is 9.64 Å². The second-order valence-electron chi connectivity index (χ2n) is 3.02. The van der Waals surface area contributed by atoms with Crippen LogP contribution in [0, 0.1) is 0 Å². The highest BCUT2D eigenvalue weighted by molar-refractivity contribution is 7.99. The van der Waals surface area contributed by atoms with Crippen molar-refractivity contribution in [2.45, 2.75) is 6.10 Å². The summed E-state index contributed by atoms with van der Waals surface area (Å²) in [7, 11) is 2.14. The summed E-state index contributed by atoms with van der Waals surface area (Å²) in [5.74, 6) is 2.86. The molecule has 0 aromatic heterocycles. The first-order valence-corrected chi connectivity index (χ1v) is 5.95. The van der Waals surface area contributed by atoms with Crippen LogP contribution in [-0.2, 0) is 4.74 Å². The maximum absolute atomic E-state index is 5.59. The highest BCUT2D eigenvalue weighted by Crippen LogP contribution is 2.10. The van der Waals surface area contributed by atoms with E-state index in [1.54, 1.807) is 0 Å². The molecular weight excluding hydrogens is 194 g/mol. The minimum absolute atomic E-state index is 0.414. The zero-order valence-electron chi connectivity index (χ0n) is 7.46. The zero-order chi connectivity index (χ0) is 8.81. The van der Waals surface area contributed by atoms with Gasteiger partial charge in [0.2, 0.25) is 0 Å². The summed E-state index contributed by atoms with van der Waals surface area (Å²) >= 11 is 7.45. The Balaban J connectivity index is 2.06. The molecule has 1 unspecified atom stereocenters. The van der Waals surface area contributed by atoms with Gasteiger partial charge in [0, 0.05) is 30.5 Å². The number of thioether (sulfide) groups is 1. The molecule has 0 aromatic carbocycles. The van der Waals surface area contributed by atoms with Crippen LogP contribution < -0.4 is 0 Å².